The molecule has 0 aromatic heterocycles. The number of hydrogen-bond acceptors (Lipinski definition) is 1. The van der Waals surface area contributed by atoms with Crippen LogP contribution in [0.5, 0.6) is 0 Å². The quantitative estimate of drug-likeness (QED) is 0.813. The second kappa shape index (κ2) is 5.79. The highest BCUT2D eigenvalue weighted by atomic mass is 19.1. The summed E-state index contributed by atoms with van der Waals surface area (Å²) in [5, 5.41) is 0. The van der Waals surface area contributed by atoms with Crippen LogP contribution in [-0.4, -0.2) is 5.78 Å². The monoisotopic (exact) mass is 256 g/mol. The highest BCUT2D eigenvalue weighted by Crippen LogP contribution is 2.13. The number of hydrogen-bond donors (Lipinski definition) is 0. The molecular weight excluding hydrogens is 239 g/mol. The van der Waals surface area contributed by atoms with E-state index >= 15 is 0 Å². The molecule has 0 fully saturated rings. The largest absolute Gasteiger partial charge is 0.299 e. The van der Waals surface area contributed by atoms with Gasteiger partial charge >= 0.3 is 0 Å². The van der Waals surface area contributed by atoms with Gasteiger partial charge in [-0.1, -0.05) is 35.9 Å². The van der Waals surface area contributed by atoms with E-state index in [-0.39, 0.29) is 18.0 Å². The molecule has 2 heteroatoms. The summed E-state index contributed by atoms with van der Waals surface area (Å²) in [5.41, 5.74) is 4.06. The Labute approximate surface area is 113 Å². The summed E-state index contributed by atoms with van der Waals surface area (Å²) in [5.74, 6) is -0.184. The molecule has 98 valence electrons. The Morgan fingerprint density at radius 2 is 1.84 bits per heavy atom. The molecule has 2 aromatic carbocycles. The van der Waals surface area contributed by atoms with Crippen molar-refractivity contribution in [3.8, 4) is 0 Å². The van der Waals surface area contributed by atoms with Crippen LogP contribution in [0.25, 0.3) is 0 Å². The van der Waals surface area contributed by atoms with Crippen molar-refractivity contribution in [1.82, 2.24) is 0 Å². The molecule has 0 atom stereocenters. The molecule has 2 rings (SSSR count). The Kier molecular flexibility index (Phi) is 4.10. The van der Waals surface area contributed by atoms with E-state index in [2.05, 4.69) is 0 Å². The van der Waals surface area contributed by atoms with Crippen LogP contribution in [0, 0.1) is 19.7 Å². The predicted molar refractivity (Wildman–Crippen MR) is 74.7 cm³/mol. The lowest BCUT2D eigenvalue weighted by Crippen LogP contribution is -2.08. The van der Waals surface area contributed by atoms with Crippen molar-refractivity contribution in [2.24, 2.45) is 0 Å². The van der Waals surface area contributed by atoms with Crippen LogP contribution >= 0.6 is 0 Å². The Hall–Kier alpha value is -1.96. The van der Waals surface area contributed by atoms with Gasteiger partial charge in [0.15, 0.2) is 0 Å². The Morgan fingerprint density at radius 1 is 1.05 bits per heavy atom. The summed E-state index contributed by atoms with van der Waals surface area (Å²) in [6.07, 6.45) is 0.690. The van der Waals surface area contributed by atoms with E-state index < -0.39 is 0 Å². The third-order valence-electron chi connectivity index (χ3n) is 3.18. The average molecular weight is 256 g/mol. The molecule has 0 N–H and O–H groups in total. The molecule has 0 bridgehead atoms. The van der Waals surface area contributed by atoms with Crippen LogP contribution in [0.3, 0.4) is 0 Å². The van der Waals surface area contributed by atoms with Gasteiger partial charge in [0.1, 0.15) is 11.6 Å². The number of Topliss-reactive ketones (excluding diaryl/α,β-unsaturated/α-hetero) is 1. The van der Waals surface area contributed by atoms with Gasteiger partial charge in [-0.2, -0.15) is 0 Å². The van der Waals surface area contributed by atoms with E-state index in [9.17, 15) is 9.18 Å². The first-order valence-corrected chi connectivity index (χ1v) is 6.37. The summed E-state index contributed by atoms with van der Waals surface area (Å²) in [6, 6.07) is 12.3. The molecule has 0 spiro atoms. The lowest BCUT2D eigenvalue weighted by atomic mass is 9.98. The molecule has 0 heterocycles. The minimum Gasteiger partial charge on any atom is -0.299 e. The first kappa shape index (κ1) is 13.5. The van der Waals surface area contributed by atoms with Crippen LogP contribution < -0.4 is 0 Å². The number of benzene rings is 2. The minimum absolute atomic E-state index is 0.110. The Morgan fingerprint density at radius 3 is 2.58 bits per heavy atom. The van der Waals surface area contributed by atoms with Gasteiger partial charge in [-0.3, -0.25) is 4.79 Å². The standard InChI is InChI=1S/C17H17FO/c1-12-6-7-13(2)15(8-12)11-17(19)10-14-4-3-5-16(18)9-14/h3-9H,10-11H2,1-2H3. The van der Waals surface area contributed by atoms with Crippen molar-refractivity contribution in [2.75, 3.05) is 0 Å². The first-order valence-electron chi connectivity index (χ1n) is 6.37. The molecule has 0 radical (unpaired) electrons. The molecule has 0 unspecified atom stereocenters. The molecular formula is C17H17FO. The fourth-order valence-electron chi connectivity index (χ4n) is 2.14. The van der Waals surface area contributed by atoms with Crippen LogP contribution in [0.4, 0.5) is 4.39 Å². The number of aryl methyl sites for hydroxylation is 2. The highest BCUT2D eigenvalue weighted by molar-refractivity contribution is 5.83. The van der Waals surface area contributed by atoms with E-state index in [4.69, 9.17) is 0 Å². The van der Waals surface area contributed by atoms with Gasteiger partial charge < -0.3 is 0 Å². The SMILES string of the molecule is Cc1ccc(C)c(CC(=O)Cc2cccc(F)c2)c1. The van der Waals surface area contributed by atoms with Crippen molar-refractivity contribution < 1.29 is 9.18 Å². The zero-order valence-electron chi connectivity index (χ0n) is 11.2. The number of carbonyl (C=O) groups is 1. The van der Waals surface area contributed by atoms with Crippen LogP contribution in [-0.2, 0) is 17.6 Å². The molecule has 0 aliphatic heterocycles. The maximum Gasteiger partial charge on any atom is 0.141 e. The molecule has 2 aromatic rings. The van der Waals surface area contributed by atoms with Gasteiger partial charge in [0.05, 0.1) is 0 Å². The number of rotatable bonds is 4. The third-order valence-corrected chi connectivity index (χ3v) is 3.18. The van der Waals surface area contributed by atoms with Gasteiger partial charge in [-0.15, -0.1) is 0 Å². The second-order valence-electron chi connectivity index (χ2n) is 4.95. The van der Waals surface area contributed by atoms with Crippen molar-refractivity contribution in [3.05, 3.63) is 70.5 Å². The van der Waals surface area contributed by atoms with E-state index in [1.54, 1.807) is 12.1 Å². The molecule has 0 aliphatic rings. The van der Waals surface area contributed by atoms with Crippen LogP contribution in [0.1, 0.15) is 22.3 Å². The van der Waals surface area contributed by atoms with Crippen LogP contribution in [0.2, 0.25) is 0 Å². The normalized spacial score (nSPS) is 10.5. The van der Waals surface area contributed by atoms with Crippen molar-refractivity contribution >= 4 is 5.78 Å². The highest BCUT2D eigenvalue weighted by Gasteiger charge is 2.08. The molecule has 19 heavy (non-hydrogen) atoms. The van der Waals surface area contributed by atoms with Gasteiger partial charge in [-0.25, -0.2) is 4.39 Å². The lowest BCUT2D eigenvalue weighted by Gasteiger charge is -2.07. The molecule has 1 nitrogen and oxygen atoms in total. The zero-order chi connectivity index (χ0) is 13.8. The molecule has 0 amide bonds. The summed E-state index contributed by atoms with van der Waals surface area (Å²) in [6.45, 7) is 4.02. The Bertz CT molecular complexity index is 602. The van der Waals surface area contributed by atoms with E-state index in [0.29, 0.717) is 6.42 Å². The van der Waals surface area contributed by atoms with Crippen molar-refractivity contribution in [3.63, 3.8) is 0 Å². The van der Waals surface area contributed by atoms with Crippen molar-refractivity contribution in [2.45, 2.75) is 26.7 Å². The number of halogens is 1. The molecule has 0 saturated heterocycles. The van der Waals surface area contributed by atoms with Gasteiger partial charge in [0.25, 0.3) is 0 Å². The summed E-state index contributed by atoms with van der Waals surface area (Å²) >= 11 is 0. The Balaban J connectivity index is 2.07. The zero-order valence-corrected chi connectivity index (χ0v) is 11.2. The second-order valence-corrected chi connectivity index (χ2v) is 4.95. The van der Waals surface area contributed by atoms with Crippen molar-refractivity contribution in [1.29, 1.82) is 0 Å². The number of carbonyl (C=O) groups excluding carboxylic acids is 1. The molecule has 0 saturated carbocycles. The fourth-order valence-corrected chi connectivity index (χ4v) is 2.14. The molecule has 0 aliphatic carbocycles. The van der Waals surface area contributed by atoms with Crippen LogP contribution in [0.15, 0.2) is 42.5 Å². The summed E-state index contributed by atoms with van der Waals surface area (Å²) in [7, 11) is 0. The fraction of sp³-hybridized carbons (Fsp3) is 0.235. The summed E-state index contributed by atoms with van der Waals surface area (Å²) in [4.78, 5) is 12.0. The third kappa shape index (κ3) is 3.75. The van der Waals surface area contributed by atoms with E-state index in [0.717, 1.165) is 22.3 Å². The van der Waals surface area contributed by atoms with Gasteiger partial charge in [0.2, 0.25) is 0 Å². The predicted octanol–water partition coefficient (Wildman–Crippen LogP) is 3.80. The number of ketones is 1. The maximum atomic E-state index is 13.1. The summed E-state index contributed by atoms with van der Waals surface area (Å²) < 4.78 is 13.1. The lowest BCUT2D eigenvalue weighted by molar-refractivity contribution is -0.117. The smallest absolute Gasteiger partial charge is 0.141 e. The van der Waals surface area contributed by atoms with Gasteiger partial charge in [0, 0.05) is 12.8 Å². The van der Waals surface area contributed by atoms with Gasteiger partial charge in [-0.05, 0) is 42.7 Å². The van der Waals surface area contributed by atoms with E-state index in [1.807, 2.05) is 32.0 Å². The first-order chi connectivity index (χ1) is 9.04. The minimum atomic E-state index is -0.294. The maximum absolute atomic E-state index is 13.1. The average Bonchev–Trinajstić information content (AvgIpc) is 2.34. The van der Waals surface area contributed by atoms with E-state index in [1.165, 1.54) is 12.1 Å². The topological polar surface area (TPSA) is 17.1 Å².